The van der Waals surface area contributed by atoms with Crippen LogP contribution in [-0.4, -0.2) is 19.0 Å². The molecule has 8 heteroatoms. The molecule has 4 rings (SSSR count). The van der Waals surface area contributed by atoms with Crippen LogP contribution in [0.2, 0.25) is 0 Å². The predicted molar refractivity (Wildman–Crippen MR) is 120 cm³/mol. The average Bonchev–Trinajstić information content (AvgIpc) is 3.31. The van der Waals surface area contributed by atoms with E-state index in [-0.39, 0.29) is 5.57 Å². The van der Waals surface area contributed by atoms with Crippen molar-refractivity contribution in [2.75, 3.05) is 23.3 Å². The summed E-state index contributed by atoms with van der Waals surface area (Å²) in [6.45, 7) is 1.86. The lowest BCUT2D eigenvalue weighted by Crippen LogP contribution is -2.29. The van der Waals surface area contributed by atoms with Crippen molar-refractivity contribution in [3.05, 3.63) is 37.9 Å². The highest BCUT2D eigenvalue weighted by atomic mass is 79.9. The van der Waals surface area contributed by atoms with Gasteiger partial charge in [-0.1, -0.05) is 0 Å². The Morgan fingerprint density at radius 1 is 1.20 bits per heavy atom. The maximum absolute atomic E-state index is 12.8. The predicted octanol–water partition coefficient (Wildman–Crippen LogP) is 5.39. The molecule has 1 N–H and O–H groups in total. The number of hydrogen-bond donors (Lipinski definition) is 1. The van der Waals surface area contributed by atoms with Crippen LogP contribution in [0.25, 0.3) is 6.08 Å². The van der Waals surface area contributed by atoms with Gasteiger partial charge in [0.15, 0.2) is 0 Å². The van der Waals surface area contributed by atoms with Crippen LogP contribution in [0, 0.1) is 22.7 Å². The van der Waals surface area contributed by atoms with Gasteiger partial charge in [-0.2, -0.15) is 10.5 Å². The third kappa shape index (κ3) is 4.16. The number of thiophene rings is 1. The minimum absolute atomic E-state index is 0.0586. The summed E-state index contributed by atoms with van der Waals surface area (Å²) in [7, 11) is 0. The van der Waals surface area contributed by atoms with E-state index >= 15 is 0 Å². The number of nitriles is 2. The number of furan rings is 1. The number of hydrogen-bond acceptors (Lipinski definition) is 6. The van der Waals surface area contributed by atoms with Gasteiger partial charge < -0.3 is 14.6 Å². The first-order chi connectivity index (χ1) is 14.6. The first kappa shape index (κ1) is 20.7. The normalized spacial score (nSPS) is 16.5. The zero-order chi connectivity index (χ0) is 21.1. The Morgan fingerprint density at radius 3 is 2.70 bits per heavy atom. The lowest BCUT2D eigenvalue weighted by molar-refractivity contribution is -0.112. The van der Waals surface area contributed by atoms with Crippen LogP contribution in [0.4, 0.5) is 10.9 Å². The SMILES string of the molecule is N#C/C(=C\c1cc(Br)c(N2CCCCC2)o1)C(=O)Nc1sc2c(c1C#N)CCCC2. The lowest BCUT2D eigenvalue weighted by atomic mass is 9.96. The van der Waals surface area contributed by atoms with E-state index in [1.54, 1.807) is 6.07 Å². The largest absolute Gasteiger partial charge is 0.440 e. The quantitative estimate of drug-likeness (QED) is 0.463. The Labute approximate surface area is 187 Å². The molecule has 2 aliphatic rings. The van der Waals surface area contributed by atoms with Crippen LogP contribution in [0.1, 0.15) is 53.9 Å². The summed E-state index contributed by atoms with van der Waals surface area (Å²) < 4.78 is 6.73. The van der Waals surface area contributed by atoms with Gasteiger partial charge in [0.2, 0.25) is 5.88 Å². The number of rotatable bonds is 4. The third-order valence-corrected chi connectivity index (χ3v) is 7.27. The molecule has 1 aliphatic carbocycles. The standard InChI is InChI=1S/C22H21BrN4O2S/c23-18-11-15(29-22(18)27-8-4-1-5-9-27)10-14(12-24)20(28)26-21-17(13-25)16-6-2-3-7-19(16)30-21/h10-11H,1-9H2,(H,26,28)/b14-10+. The zero-order valence-corrected chi connectivity index (χ0v) is 18.9. The molecule has 2 aromatic rings. The fourth-order valence-electron chi connectivity index (χ4n) is 3.99. The highest BCUT2D eigenvalue weighted by Crippen LogP contribution is 2.38. The summed E-state index contributed by atoms with van der Waals surface area (Å²) in [5, 5.41) is 22.4. The minimum atomic E-state index is -0.528. The van der Waals surface area contributed by atoms with Gasteiger partial charge >= 0.3 is 0 Å². The van der Waals surface area contributed by atoms with Gasteiger partial charge in [0, 0.05) is 30.1 Å². The maximum Gasteiger partial charge on any atom is 0.267 e. The summed E-state index contributed by atoms with van der Waals surface area (Å²) >= 11 is 4.97. The second-order valence-electron chi connectivity index (χ2n) is 7.50. The number of aryl methyl sites for hydroxylation is 1. The number of fused-ring (bicyclic) bond motifs is 1. The van der Waals surface area contributed by atoms with Gasteiger partial charge in [0.25, 0.3) is 5.91 Å². The maximum atomic E-state index is 12.8. The second-order valence-corrected chi connectivity index (χ2v) is 9.46. The molecule has 0 spiro atoms. The van der Waals surface area contributed by atoms with Crippen LogP contribution in [-0.2, 0) is 17.6 Å². The van der Waals surface area contributed by atoms with E-state index in [0.29, 0.717) is 16.3 Å². The molecule has 0 atom stereocenters. The topological polar surface area (TPSA) is 93.1 Å². The van der Waals surface area contributed by atoms with Crippen LogP contribution in [0.3, 0.4) is 0 Å². The summed E-state index contributed by atoms with van der Waals surface area (Å²) in [6.07, 6.45) is 8.87. The molecular weight excluding hydrogens is 464 g/mol. The second kappa shape index (κ2) is 9.07. The van der Waals surface area contributed by atoms with Crippen molar-refractivity contribution in [2.24, 2.45) is 0 Å². The molecule has 2 aromatic heterocycles. The number of carbonyl (C=O) groups is 1. The molecule has 0 unspecified atom stereocenters. The summed E-state index contributed by atoms with van der Waals surface area (Å²) in [4.78, 5) is 16.1. The zero-order valence-electron chi connectivity index (χ0n) is 16.5. The van der Waals surface area contributed by atoms with Gasteiger partial charge in [-0.25, -0.2) is 0 Å². The number of piperidine rings is 1. The molecule has 30 heavy (non-hydrogen) atoms. The van der Waals surface area contributed by atoms with Crippen molar-refractivity contribution < 1.29 is 9.21 Å². The van der Waals surface area contributed by atoms with Crippen molar-refractivity contribution >= 4 is 50.1 Å². The highest BCUT2D eigenvalue weighted by molar-refractivity contribution is 9.10. The lowest BCUT2D eigenvalue weighted by Gasteiger charge is -2.26. The molecule has 154 valence electrons. The van der Waals surface area contributed by atoms with Crippen LogP contribution < -0.4 is 10.2 Å². The van der Waals surface area contributed by atoms with E-state index in [9.17, 15) is 15.3 Å². The molecule has 1 fully saturated rings. The van der Waals surface area contributed by atoms with Crippen molar-refractivity contribution in [1.29, 1.82) is 10.5 Å². The van der Waals surface area contributed by atoms with E-state index in [2.05, 4.69) is 32.2 Å². The molecule has 1 saturated heterocycles. The van der Waals surface area contributed by atoms with Crippen molar-refractivity contribution in [3.8, 4) is 12.1 Å². The fourth-order valence-corrected chi connectivity index (χ4v) is 5.79. The molecule has 3 heterocycles. The Balaban J connectivity index is 1.55. The first-order valence-corrected chi connectivity index (χ1v) is 11.7. The van der Waals surface area contributed by atoms with Crippen molar-refractivity contribution in [1.82, 2.24) is 0 Å². The van der Waals surface area contributed by atoms with Crippen LogP contribution in [0.5, 0.6) is 0 Å². The fraction of sp³-hybridized carbons (Fsp3) is 0.409. The molecule has 1 amide bonds. The Hall–Kier alpha value is -2.55. The van der Waals surface area contributed by atoms with E-state index in [1.165, 1.54) is 23.8 Å². The number of anilines is 2. The molecule has 1 aliphatic heterocycles. The molecule has 0 bridgehead atoms. The Kier molecular flexibility index (Phi) is 6.26. The Bertz CT molecular complexity index is 1080. The Morgan fingerprint density at radius 2 is 1.97 bits per heavy atom. The van der Waals surface area contributed by atoms with E-state index in [4.69, 9.17) is 4.42 Å². The highest BCUT2D eigenvalue weighted by Gasteiger charge is 2.23. The smallest absolute Gasteiger partial charge is 0.267 e. The number of carbonyl (C=O) groups excluding carboxylic acids is 1. The molecular formula is C22H21BrN4O2S. The molecule has 6 nitrogen and oxygen atoms in total. The summed E-state index contributed by atoms with van der Waals surface area (Å²) in [5.41, 5.74) is 1.53. The van der Waals surface area contributed by atoms with Crippen molar-refractivity contribution in [3.63, 3.8) is 0 Å². The number of nitrogens with one attached hydrogen (secondary N) is 1. The molecule has 0 saturated carbocycles. The van der Waals surface area contributed by atoms with Gasteiger partial charge in [-0.3, -0.25) is 4.79 Å². The summed E-state index contributed by atoms with van der Waals surface area (Å²) in [6, 6.07) is 5.96. The average molecular weight is 485 g/mol. The summed E-state index contributed by atoms with van der Waals surface area (Å²) in [5.74, 6) is 0.649. The van der Waals surface area contributed by atoms with Gasteiger partial charge in [-0.15, -0.1) is 11.3 Å². The van der Waals surface area contributed by atoms with Crippen LogP contribution >= 0.6 is 27.3 Å². The van der Waals surface area contributed by atoms with E-state index in [1.807, 2.05) is 6.07 Å². The number of halogens is 1. The van der Waals surface area contributed by atoms with E-state index in [0.717, 1.165) is 72.4 Å². The van der Waals surface area contributed by atoms with Crippen LogP contribution in [0.15, 0.2) is 20.5 Å². The van der Waals surface area contributed by atoms with Crippen molar-refractivity contribution in [2.45, 2.75) is 44.9 Å². The molecule has 0 radical (unpaired) electrons. The van der Waals surface area contributed by atoms with Gasteiger partial charge in [0.1, 0.15) is 28.5 Å². The molecule has 0 aromatic carbocycles. The monoisotopic (exact) mass is 484 g/mol. The number of nitrogens with zero attached hydrogens (tertiary/aromatic N) is 3. The third-order valence-electron chi connectivity index (χ3n) is 5.49. The van der Waals surface area contributed by atoms with E-state index < -0.39 is 5.91 Å². The van der Waals surface area contributed by atoms with Gasteiger partial charge in [-0.05, 0) is 66.4 Å². The van der Waals surface area contributed by atoms with Gasteiger partial charge in [0.05, 0.1) is 10.0 Å². The first-order valence-electron chi connectivity index (χ1n) is 10.1. The minimum Gasteiger partial charge on any atom is -0.440 e. The number of amides is 1.